The van der Waals surface area contributed by atoms with Crippen LogP contribution in [0, 0.1) is 10.1 Å². The third-order valence-electron chi connectivity index (χ3n) is 3.09. The van der Waals surface area contributed by atoms with Crippen LogP contribution in [0.1, 0.15) is 38.4 Å². The predicted molar refractivity (Wildman–Crippen MR) is 86.9 cm³/mol. The Bertz CT molecular complexity index is 541. The monoisotopic (exact) mass is 325 g/mol. The smallest absolute Gasteiger partial charge is 0.342 e. The first-order valence-electron chi connectivity index (χ1n) is 7.55. The Hall–Kier alpha value is -2.29. The molecule has 0 fully saturated rings. The van der Waals surface area contributed by atoms with Crippen LogP contribution in [-0.4, -0.2) is 51.3 Å². The second kappa shape index (κ2) is 10.4. The number of aliphatic hydroxyl groups excluding tert-OH is 1. The number of aliphatic imine (C=N–C) groups is 1. The standard InChI is InChI=1S/C14H23N5O4/c1-3-4-5-6-7-15-8-12(20)11-23-17-9-13-16-10-14(18(13)2)19(21)22/h8-10,12,20H,3-7,11H2,1-2H3. The third-order valence-corrected chi connectivity index (χ3v) is 3.09. The van der Waals surface area contributed by atoms with Gasteiger partial charge in [-0.25, -0.2) is 9.55 Å². The van der Waals surface area contributed by atoms with E-state index in [9.17, 15) is 15.2 Å². The lowest BCUT2D eigenvalue weighted by molar-refractivity contribution is -0.391. The van der Waals surface area contributed by atoms with Crippen molar-refractivity contribution in [1.29, 1.82) is 0 Å². The summed E-state index contributed by atoms with van der Waals surface area (Å²) in [4.78, 5) is 23.0. The molecule has 1 rings (SSSR count). The largest absolute Gasteiger partial charge is 0.392 e. The van der Waals surface area contributed by atoms with Crippen molar-refractivity contribution in [3.63, 3.8) is 0 Å². The van der Waals surface area contributed by atoms with Gasteiger partial charge in [0, 0.05) is 12.8 Å². The molecule has 0 amide bonds. The molecule has 0 aliphatic carbocycles. The first kappa shape index (κ1) is 18.8. The number of rotatable bonds is 11. The molecule has 1 unspecified atom stereocenters. The van der Waals surface area contributed by atoms with Crippen molar-refractivity contribution in [2.45, 2.75) is 38.7 Å². The molecule has 1 aromatic heterocycles. The predicted octanol–water partition coefficient (Wildman–Crippen LogP) is 1.69. The van der Waals surface area contributed by atoms with Gasteiger partial charge in [0.25, 0.3) is 0 Å². The van der Waals surface area contributed by atoms with E-state index < -0.39 is 11.0 Å². The van der Waals surface area contributed by atoms with Gasteiger partial charge in [-0.1, -0.05) is 31.3 Å². The van der Waals surface area contributed by atoms with Crippen molar-refractivity contribution >= 4 is 18.2 Å². The van der Waals surface area contributed by atoms with E-state index in [4.69, 9.17) is 4.84 Å². The number of unbranched alkanes of at least 4 members (excludes halogenated alkanes) is 3. The zero-order valence-corrected chi connectivity index (χ0v) is 13.5. The fourth-order valence-corrected chi connectivity index (χ4v) is 1.78. The molecule has 0 aliphatic heterocycles. The molecule has 0 spiro atoms. The molecule has 0 aromatic carbocycles. The number of imidazole rings is 1. The lowest BCUT2D eigenvalue weighted by Gasteiger charge is -2.02. The van der Waals surface area contributed by atoms with Gasteiger partial charge < -0.3 is 20.1 Å². The molecule has 0 bridgehead atoms. The Morgan fingerprint density at radius 1 is 1.52 bits per heavy atom. The number of nitrogens with zero attached hydrogens (tertiary/aromatic N) is 5. The summed E-state index contributed by atoms with van der Waals surface area (Å²) in [5.74, 6) is 0.150. The van der Waals surface area contributed by atoms with E-state index in [1.165, 1.54) is 36.9 Å². The second-order valence-corrected chi connectivity index (χ2v) is 5.00. The topological polar surface area (TPSA) is 115 Å². The Kier molecular flexibility index (Phi) is 8.51. The highest BCUT2D eigenvalue weighted by Gasteiger charge is 2.14. The summed E-state index contributed by atoms with van der Waals surface area (Å²) in [7, 11) is 1.51. The lowest BCUT2D eigenvalue weighted by Crippen LogP contribution is -2.15. The van der Waals surface area contributed by atoms with Crippen molar-refractivity contribution in [3.8, 4) is 0 Å². The minimum Gasteiger partial charge on any atom is -0.392 e. The van der Waals surface area contributed by atoms with Crippen molar-refractivity contribution in [2.24, 2.45) is 17.2 Å². The number of nitro groups is 1. The summed E-state index contributed by atoms with van der Waals surface area (Å²) in [6.07, 6.45) is 7.51. The molecule has 1 atom stereocenters. The van der Waals surface area contributed by atoms with E-state index in [1.54, 1.807) is 0 Å². The Labute approximate surface area is 134 Å². The molecular formula is C14H23N5O4. The highest BCUT2D eigenvalue weighted by molar-refractivity contribution is 5.75. The number of oxime groups is 1. The Balaban J connectivity index is 2.27. The highest BCUT2D eigenvalue weighted by atomic mass is 16.6. The summed E-state index contributed by atoms with van der Waals surface area (Å²) >= 11 is 0. The maximum Gasteiger partial charge on any atom is 0.342 e. The van der Waals surface area contributed by atoms with Gasteiger partial charge >= 0.3 is 5.82 Å². The molecule has 128 valence electrons. The molecule has 9 nitrogen and oxygen atoms in total. The van der Waals surface area contributed by atoms with Gasteiger partial charge in [-0.3, -0.25) is 4.99 Å². The molecule has 1 aromatic rings. The highest BCUT2D eigenvalue weighted by Crippen LogP contribution is 2.09. The minimum atomic E-state index is -0.839. The molecule has 9 heteroatoms. The minimum absolute atomic E-state index is 0.0402. The van der Waals surface area contributed by atoms with Crippen molar-refractivity contribution < 1.29 is 14.9 Å². The number of hydrogen-bond donors (Lipinski definition) is 1. The summed E-state index contributed by atoms with van der Waals surface area (Å²) in [6.45, 7) is 2.80. The molecular weight excluding hydrogens is 302 g/mol. The molecule has 0 saturated heterocycles. The van der Waals surface area contributed by atoms with E-state index in [1.807, 2.05) is 0 Å². The first-order valence-corrected chi connectivity index (χ1v) is 7.55. The van der Waals surface area contributed by atoms with Crippen LogP contribution in [0.25, 0.3) is 0 Å². The molecule has 23 heavy (non-hydrogen) atoms. The van der Waals surface area contributed by atoms with Crippen molar-refractivity contribution in [3.05, 3.63) is 22.1 Å². The van der Waals surface area contributed by atoms with E-state index in [0.29, 0.717) is 6.54 Å². The summed E-state index contributed by atoms with van der Waals surface area (Å²) < 4.78 is 1.28. The van der Waals surface area contributed by atoms with Gasteiger partial charge in [0.15, 0.2) is 0 Å². The van der Waals surface area contributed by atoms with E-state index in [0.717, 1.165) is 19.0 Å². The van der Waals surface area contributed by atoms with Gasteiger partial charge in [-0.05, 0) is 11.3 Å². The molecule has 0 aliphatic rings. The van der Waals surface area contributed by atoms with Crippen LogP contribution in [0.15, 0.2) is 16.3 Å². The van der Waals surface area contributed by atoms with Gasteiger partial charge in [-0.15, -0.1) is 0 Å². The van der Waals surface area contributed by atoms with Crippen LogP contribution in [0.3, 0.4) is 0 Å². The van der Waals surface area contributed by atoms with Gasteiger partial charge in [0.05, 0.1) is 7.05 Å². The molecule has 0 radical (unpaired) electrons. The van der Waals surface area contributed by atoms with Crippen molar-refractivity contribution in [2.75, 3.05) is 13.2 Å². The Morgan fingerprint density at radius 3 is 2.96 bits per heavy atom. The maximum atomic E-state index is 10.7. The van der Waals surface area contributed by atoms with E-state index in [-0.39, 0.29) is 18.2 Å². The second-order valence-electron chi connectivity index (χ2n) is 5.00. The fraction of sp³-hybridized carbons (Fsp3) is 0.643. The van der Waals surface area contributed by atoms with Gasteiger partial charge in [0.2, 0.25) is 5.82 Å². The quantitative estimate of drug-likeness (QED) is 0.288. The lowest BCUT2D eigenvalue weighted by atomic mass is 10.2. The number of aliphatic hydroxyl groups is 1. The van der Waals surface area contributed by atoms with Crippen LogP contribution >= 0.6 is 0 Å². The zero-order valence-electron chi connectivity index (χ0n) is 13.5. The SMILES string of the molecule is CCCCCCN=CC(O)CON=Cc1ncc([N+](=O)[O-])n1C. The maximum absolute atomic E-state index is 10.7. The van der Waals surface area contributed by atoms with Crippen LogP contribution in [0.4, 0.5) is 5.82 Å². The first-order chi connectivity index (χ1) is 11.1. The van der Waals surface area contributed by atoms with Crippen LogP contribution < -0.4 is 0 Å². The Morgan fingerprint density at radius 2 is 2.30 bits per heavy atom. The number of hydrogen-bond acceptors (Lipinski definition) is 7. The summed E-state index contributed by atoms with van der Waals surface area (Å²) in [5, 5.41) is 23.9. The average molecular weight is 325 g/mol. The van der Waals surface area contributed by atoms with Gasteiger partial charge in [0.1, 0.15) is 25.1 Å². The molecule has 1 heterocycles. The fourth-order valence-electron chi connectivity index (χ4n) is 1.78. The third kappa shape index (κ3) is 7.00. The summed E-state index contributed by atoms with van der Waals surface area (Å²) in [6, 6.07) is 0. The summed E-state index contributed by atoms with van der Waals surface area (Å²) in [5.41, 5.74) is 0. The van der Waals surface area contributed by atoms with Crippen LogP contribution in [0.5, 0.6) is 0 Å². The normalized spacial score (nSPS) is 13.0. The van der Waals surface area contributed by atoms with Crippen LogP contribution in [-0.2, 0) is 11.9 Å². The van der Waals surface area contributed by atoms with E-state index in [2.05, 4.69) is 22.1 Å². The van der Waals surface area contributed by atoms with E-state index >= 15 is 0 Å². The molecule has 0 saturated carbocycles. The van der Waals surface area contributed by atoms with Gasteiger partial charge in [-0.2, -0.15) is 0 Å². The number of aromatic nitrogens is 2. The zero-order chi connectivity index (χ0) is 17.1. The average Bonchev–Trinajstić information content (AvgIpc) is 2.88. The van der Waals surface area contributed by atoms with Crippen LogP contribution in [0.2, 0.25) is 0 Å². The van der Waals surface area contributed by atoms with Crippen molar-refractivity contribution in [1.82, 2.24) is 9.55 Å². The molecule has 1 N–H and O–H groups in total.